The predicted octanol–water partition coefficient (Wildman–Crippen LogP) is 5.56. The number of hydrogen-bond acceptors (Lipinski definition) is 7. The van der Waals surface area contributed by atoms with E-state index in [9.17, 15) is 10.1 Å². The smallest absolute Gasteiger partial charge is 0.246 e. The Morgan fingerprint density at radius 1 is 1.00 bits per heavy atom. The summed E-state index contributed by atoms with van der Waals surface area (Å²) in [5.41, 5.74) is 0.128. The highest BCUT2D eigenvalue weighted by molar-refractivity contribution is 5.87. The summed E-state index contributed by atoms with van der Waals surface area (Å²) in [5, 5.41) is 18.1. The molecule has 0 aromatic heterocycles. The molecule has 3 aliphatic heterocycles. The maximum atomic E-state index is 15.1. The fourth-order valence-electron chi connectivity index (χ4n) is 12.1. The molecule has 0 aromatic carbocycles. The van der Waals surface area contributed by atoms with Crippen molar-refractivity contribution in [1.82, 2.24) is 25.3 Å². The largest absolute Gasteiger partial charge is 0.348 e. The van der Waals surface area contributed by atoms with Gasteiger partial charge in [0.2, 0.25) is 5.91 Å². The van der Waals surface area contributed by atoms with Crippen molar-refractivity contribution in [2.45, 2.75) is 145 Å². The average Bonchev–Trinajstić information content (AvgIpc) is 3.51. The quantitative estimate of drug-likeness (QED) is 0.276. The van der Waals surface area contributed by atoms with E-state index in [2.05, 4.69) is 40.1 Å². The van der Waals surface area contributed by atoms with Crippen LogP contribution in [0.25, 0.3) is 0 Å². The number of rotatable bonds is 7. The SMILES string of the molecule is C=CC(=O)N1CCN(C2NC(OC[C@H]3CCCN3C)NC3(C4CCCCCC4)C[C@@]4(CCC5CCC(F)CC54)CCC23)C[C@H]1CC#N. The van der Waals surface area contributed by atoms with Crippen molar-refractivity contribution < 1.29 is 13.9 Å². The number of amides is 1. The molecule has 4 saturated carbocycles. The van der Waals surface area contributed by atoms with Crippen molar-refractivity contribution in [3.8, 4) is 6.07 Å². The van der Waals surface area contributed by atoms with Crippen LogP contribution in [0.5, 0.6) is 0 Å². The molecule has 3 saturated heterocycles. The number of carbonyl (C=O) groups excluding carboxylic acids is 1. The maximum absolute atomic E-state index is 15.1. The van der Waals surface area contributed by atoms with Crippen molar-refractivity contribution in [2.24, 2.45) is 29.1 Å². The first-order valence-corrected chi connectivity index (χ1v) is 19.4. The fourth-order valence-corrected chi connectivity index (χ4v) is 12.1. The van der Waals surface area contributed by atoms with E-state index >= 15 is 4.39 Å². The highest BCUT2D eigenvalue weighted by Crippen LogP contribution is 2.64. The number of alkyl halides is 1. The monoisotopic (exact) mass is 652 g/mol. The molecule has 1 amide bonds. The van der Waals surface area contributed by atoms with Gasteiger partial charge in [-0.1, -0.05) is 32.3 Å². The van der Waals surface area contributed by atoms with Gasteiger partial charge >= 0.3 is 0 Å². The third-order valence-corrected chi connectivity index (χ3v) is 14.5. The maximum Gasteiger partial charge on any atom is 0.246 e. The van der Waals surface area contributed by atoms with Gasteiger partial charge in [-0.3, -0.25) is 20.3 Å². The Morgan fingerprint density at radius 2 is 1.81 bits per heavy atom. The Kier molecular flexibility index (Phi) is 10.3. The molecule has 7 rings (SSSR count). The molecule has 4 aliphatic carbocycles. The zero-order chi connectivity index (χ0) is 32.6. The third kappa shape index (κ3) is 6.56. The average molecular weight is 653 g/mol. The van der Waals surface area contributed by atoms with Gasteiger partial charge in [0.1, 0.15) is 6.17 Å². The van der Waals surface area contributed by atoms with Crippen LogP contribution in [0.4, 0.5) is 4.39 Å². The van der Waals surface area contributed by atoms with Gasteiger partial charge in [-0.15, -0.1) is 0 Å². The van der Waals surface area contributed by atoms with Gasteiger partial charge in [0.05, 0.1) is 31.3 Å². The van der Waals surface area contributed by atoms with E-state index in [-0.39, 0.29) is 35.4 Å². The molecule has 7 aliphatic rings. The van der Waals surface area contributed by atoms with Gasteiger partial charge in [0, 0.05) is 37.1 Å². The summed E-state index contributed by atoms with van der Waals surface area (Å²) in [6.45, 7) is 7.64. The zero-order valence-corrected chi connectivity index (χ0v) is 29.0. The summed E-state index contributed by atoms with van der Waals surface area (Å²) in [4.78, 5) is 19.7. The van der Waals surface area contributed by atoms with E-state index in [1.165, 1.54) is 76.7 Å². The van der Waals surface area contributed by atoms with Crippen LogP contribution in [0.1, 0.15) is 109 Å². The van der Waals surface area contributed by atoms with Gasteiger partial charge in [-0.05, 0) is 120 Å². The molecular formula is C38H61FN6O2. The Bertz CT molecular complexity index is 1160. The third-order valence-electron chi connectivity index (χ3n) is 14.5. The highest BCUT2D eigenvalue weighted by Gasteiger charge is 2.63. The second-order valence-electron chi connectivity index (χ2n) is 16.7. The molecule has 47 heavy (non-hydrogen) atoms. The van der Waals surface area contributed by atoms with Gasteiger partial charge in [0.15, 0.2) is 6.35 Å². The summed E-state index contributed by atoms with van der Waals surface area (Å²) in [7, 11) is 2.22. The van der Waals surface area contributed by atoms with E-state index in [1.807, 2.05) is 4.90 Å². The van der Waals surface area contributed by atoms with Gasteiger partial charge < -0.3 is 14.5 Å². The van der Waals surface area contributed by atoms with Gasteiger partial charge in [-0.2, -0.15) is 5.26 Å². The second-order valence-corrected chi connectivity index (χ2v) is 16.7. The van der Waals surface area contributed by atoms with Crippen molar-refractivity contribution in [3.63, 3.8) is 0 Å². The minimum atomic E-state index is -0.641. The normalized spacial score (nSPS) is 43.6. The molecule has 1 spiro atoms. The van der Waals surface area contributed by atoms with Crippen molar-refractivity contribution in [2.75, 3.05) is 39.8 Å². The number of nitrogens with zero attached hydrogens (tertiary/aromatic N) is 4. The van der Waals surface area contributed by atoms with Gasteiger partial charge in [-0.25, -0.2) is 4.39 Å². The van der Waals surface area contributed by atoms with Crippen LogP contribution in [-0.2, 0) is 9.53 Å². The van der Waals surface area contributed by atoms with Crippen LogP contribution >= 0.6 is 0 Å². The topological polar surface area (TPSA) is 83.9 Å². The molecule has 10 atom stereocenters. The summed E-state index contributed by atoms with van der Waals surface area (Å²) >= 11 is 0. The number of likely N-dealkylation sites (tertiary alicyclic amines) is 1. The molecule has 7 unspecified atom stereocenters. The van der Waals surface area contributed by atoms with Crippen LogP contribution in [0.15, 0.2) is 12.7 Å². The lowest BCUT2D eigenvalue weighted by atomic mass is 9.51. The molecule has 0 bridgehead atoms. The molecule has 3 heterocycles. The fraction of sp³-hybridized carbons (Fsp3) is 0.895. The van der Waals surface area contributed by atoms with Crippen molar-refractivity contribution in [1.29, 1.82) is 5.26 Å². The number of carbonyl (C=O) groups is 1. The van der Waals surface area contributed by atoms with E-state index < -0.39 is 6.17 Å². The molecule has 262 valence electrons. The van der Waals surface area contributed by atoms with Gasteiger partial charge in [0.25, 0.3) is 0 Å². The Labute approximate surface area is 283 Å². The molecule has 2 N–H and O–H groups in total. The highest BCUT2D eigenvalue weighted by atomic mass is 19.1. The second kappa shape index (κ2) is 14.3. The van der Waals surface area contributed by atoms with Crippen LogP contribution < -0.4 is 10.6 Å². The number of nitriles is 1. The lowest BCUT2D eigenvalue weighted by Gasteiger charge is -2.64. The van der Waals surface area contributed by atoms with Crippen LogP contribution in [0, 0.1) is 40.4 Å². The Balaban J connectivity index is 1.23. The summed E-state index contributed by atoms with van der Waals surface area (Å²) in [6, 6.07) is 2.66. The minimum absolute atomic E-state index is 0.0769. The van der Waals surface area contributed by atoms with E-state index in [1.54, 1.807) is 0 Å². The number of piperazine rings is 1. The first-order valence-electron chi connectivity index (χ1n) is 19.4. The van der Waals surface area contributed by atoms with Crippen LogP contribution in [0.2, 0.25) is 0 Å². The zero-order valence-electron chi connectivity index (χ0n) is 29.0. The lowest BCUT2D eigenvalue weighted by molar-refractivity contribution is -0.170. The summed E-state index contributed by atoms with van der Waals surface area (Å²) < 4.78 is 22.0. The minimum Gasteiger partial charge on any atom is -0.348 e. The van der Waals surface area contributed by atoms with Crippen LogP contribution in [0.3, 0.4) is 0 Å². The number of hydrogen-bond donors (Lipinski definition) is 2. The van der Waals surface area contributed by atoms with E-state index in [4.69, 9.17) is 4.74 Å². The molecule has 9 heteroatoms. The Morgan fingerprint density at radius 3 is 2.55 bits per heavy atom. The molecule has 7 fully saturated rings. The summed E-state index contributed by atoms with van der Waals surface area (Å²) in [5.74, 6) is 2.07. The first kappa shape index (κ1) is 33.9. The molecule has 0 radical (unpaired) electrons. The van der Waals surface area contributed by atoms with Crippen LogP contribution in [-0.4, -0.2) is 96.8 Å². The number of nitrogens with one attached hydrogen (secondary N) is 2. The summed E-state index contributed by atoms with van der Waals surface area (Å²) in [6.07, 6.45) is 19.6. The predicted molar refractivity (Wildman–Crippen MR) is 182 cm³/mol. The van der Waals surface area contributed by atoms with E-state index in [0.29, 0.717) is 55.8 Å². The number of halogens is 1. The molecule has 8 nitrogen and oxygen atoms in total. The molecule has 0 aromatic rings. The lowest BCUT2D eigenvalue weighted by Crippen LogP contribution is -2.79. The number of ether oxygens (including phenoxy) is 1. The van der Waals surface area contributed by atoms with Crippen molar-refractivity contribution >= 4 is 5.91 Å². The number of likely N-dealkylation sites (N-methyl/N-ethyl adjacent to an activating group) is 1. The standard InChI is InChI=1S/C38H61FN6O2/c1-3-34(46)45-22-21-44(24-30(45)16-19-40)35-32-15-18-37(17-14-27-12-13-29(39)23-33(27)37)26-38(32,28-9-6-4-5-7-10-28)42-36(41-35)47-25-31-11-8-20-43(31)2/h3,27-33,35-36,41-42H,1,4-18,20-26H2,2H3/t27?,29?,30-,31-,32?,33?,35?,36?,37-,38?/m1/s1. The number of fused-ring (bicyclic) bond motifs is 3. The Hall–Kier alpha value is -1.57. The molecular weight excluding hydrogens is 591 g/mol. The van der Waals surface area contributed by atoms with Crippen molar-refractivity contribution in [3.05, 3.63) is 12.7 Å². The first-order chi connectivity index (χ1) is 22.9. The van der Waals surface area contributed by atoms with E-state index in [0.717, 1.165) is 45.2 Å².